The average molecular weight is 365 g/mol. The van der Waals surface area contributed by atoms with Gasteiger partial charge in [0.25, 0.3) is 11.1 Å². The van der Waals surface area contributed by atoms with Crippen molar-refractivity contribution in [3.8, 4) is 5.75 Å². The van der Waals surface area contributed by atoms with Crippen LogP contribution in [-0.2, 0) is 19.1 Å². The monoisotopic (exact) mass is 365 g/mol. The number of methoxy groups -OCH3 is 2. The second kappa shape index (κ2) is 9.24. The molecule has 2 rings (SSSR count). The van der Waals surface area contributed by atoms with Gasteiger partial charge in [-0.25, -0.2) is 4.79 Å². The molecule has 0 atom stereocenters. The lowest BCUT2D eigenvalue weighted by molar-refractivity contribution is -0.142. The molecule has 25 heavy (non-hydrogen) atoms. The number of imide groups is 1. The molecule has 1 aliphatic heterocycles. The number of amides is 2. The molecule has 0 N–H and O–H groups in total. The van der Waals surface area contributed by atoms with Crippen molar-refractivity contribution in [1.82, 2.24) is 4.90 Å². The number of esters is 1. The molecule has 1 fully saturated rings. The molecule has 0 bridgehead atoms. The van der Waals surface area contributed by atoms with E-state index < -0.39 is 5.97 Å². The molecule has 0 saturated carbocycles. The highest BCUT2D eigenvalue weighted by Gasteiger charge is 2.34. The van der Waals surface area contributed by atoms with Crippen LogP contribution in [0, 0.1) is 0 Å². The van der Waals surface area contributed by atoms with Gasteiger partial charge in [0.15, 0.2) is 6.61 Å². The molecule has 2 amide bonds. The third-order valence-corrected chi connectivity index (χ3v) is 4.29. The summed E-state index contributed by atoms with van der Waals surface area (Å²) in [4.78, 5) is 37.2. The van der Waals surface area contributed by atoms with Crippen LogP contribution in [0.3, 0.4) is 0 Å². The van der Waals surface area contributed by atoms with E-state index in [4.69, 9.17) is 9.47 Å². The van der Waals surface area contributed by atoms with Crippen molar-refractivity contribution in [1.29, 1.82) is 0 Å². The van der Waals surface area contributed by atoms with Gasteiger partial charge in [-0.2, -0.15) is 0 Å². The van der Waals surface area contributed by atoms with Crippen molar-refractivity contribution < 1.29 is 28.6 Å². The Kier molecular flexibility index (Phi) is 7.03. The molecule has 8 heteroatoms. The van der Waals surface area contributed by atoms with Gasteiger partial charge in [-0.3, -0.25) is 14.5 Å². The lowest BCUT2D eigenvalue weighted by atomic mass is 10.2. The predicted octanol–water partition coefficient (Wildman–Crippen LogP) is 2.31. The molecule has 1 aromatic carbocycles. The van der Waals surface area contributed by atoms with E-state index in [1.54, 1.807) is 37.5 Å². The van der Waals surface area contributed by atoms with Crippen molar-refractivity contribution in [2.24, 2.45) is 0 Å². The number of benzene rings is 1. The zero-order chi connectivity index (χ0) is 18.2. The van der Waals surface area contributed by atoms with Gasteiger partial charge in [0.1, 0.15) is 5.75 Å². The lowest BCUT2D eigenvalue weighted by Gasteiger charge is -2.11. The molecule has 7 nitrogen and oxygen atoms in total. The Balaban J connectivity index is 2.13. The number of nitrogens with zero attached hydrogens (tertiary/aromatic N) is 1. The summed E-state index contributed by atoms with van der Waals surface area (Å²) < 4.78 is 14.9. The van der Waals surface area contributed by atoms with Crippen molar-refractivity contribution in [2.45, 2.75) is 6.42 Å². The van der Waals surface area contributed by atoms with Crippen LogP contribution in [0.25, 0.3) is 6.08 Å². The van der Waals surface area contributed by atoms with Gasteiger partial charge in [-0.15, -0.1) is 0 Å². The first kappa shape index (κ1) is 19.0. The number of carbonyl (C=O) groups is 3. The summed E-state index contributed by atoms with van der Waals surface area (Å²) in [5.41, 5.74) is 0.605. The molecule has 0 spiro atoms. The minimum Gasteiger partial charge on any atom is -0.481 e. The maximum absolute atomic E-state index is 12.4. The van der Waals surface area contributed by atoms with Gasteiger partial charge >= 0.3 is 5.97 Å². The highest BCUT2D eigenvalue weighted by Crippen LogP contribution is 2.34. The van der Waals surface area contributed by atoms with E-state index in [0.717, 1.165) is 11.8 Å². The molecule has 0 radical (unpaired) electrons. The molecule has 1 saturated heterocycles. The maximum atomic E-state index is 12.4. The smallest absolute Gasteiger partial charge is 0.343 e. The van der Waals surface area contributed by atoms with Gasteiger partial charge in [0, 0.05) is 25.8 Å². The summed E-state index contributed by atoms with van der Waals surface area (Å²) in [5.74, 6) is -0.416. The number of thioether (sulfide) groups is 1. The van der Waals surface area contributed by atoms with Crippen LogP contribution >= 0.6 is 11.8 Å². The number of carbonyl (C=O) groups excluding carboxylic acids is 3. The fourth-order valence-electron chi connectivity index (χ4n) is 2.13. The number of hydrogen-bond acceptors (Lipinski definition) is 7. The van der Waals surface area contributed by atoms with Crippen molar-refractivity contribution in [3.05, 3.63) is 34.7 Å². The summed E-state index contributed by atoms with van der Waals surface area (Å²) in [7, 11) is 2.84. The molecule has 1 aliphatic rings. The number of para-hydroxylation sites is 1. The second-order valence-electron chi connectivity index (χ2n) is 5.08. The predicted molar refractivity (Wildman–Crippen MR) is 93.1 cm³/mol. The highest BCUT2D eigenvalue weighted by molar-refractivity contribution is 8.18. The zero-order valence-electron chi connectivity index (χ0n) is 14.0. The number of ether oxygens (including phenoxy) is 3. The molecular weight excluding hydrogens is 346 g/mol. The molecule has 0 aromatic heterocycles. The molecule has 0 unspecified atom stereocenters. The van der Waals surface area contributed by atoms with E-state index in [-0.39, 0.29) is 17.8 Å². The van der Waals surface area contributed by atoms with Gasteiger partial charge in [0.05, 0.1) is 12.0 Å². The first-order valence-corrected chi connectivity index (χ1v) is 8.41. The van der Waals surface area contributed by atoms with E-state index in [1.807, 2.05) is 0 Å². The summed E-state index contributed by atoms with van der Waals surface area (Å²) in [6, 6.07) is 6.95. The fourth-order valence-corrected chi connectivity index (χ4v) is 2.98. The molecular formula is C17H19NO6S. The average Bonchev–Trinajstić information content (AvgIpc) is 2.88. The van der Waals surface area contributed by atoms with Crippen LogP contribution in [0.5, 0.6) is 5.75 Å². The SMILES string of the molecule is COCCCN1C(=O)S/C(=C/c2ccccc2OCC(=O)OC)C1=O. The fraction of sp³-hybridized carbons (Fsp3) is 0.353. The normalized spacial score (nSPS) is 15.8. The van der Waals surface area contributed by atoms with Crippen LogP contribution in [0.15, 0.2) is 29.2 Å². The van der Waals surface area contributed by atoms with Crippen molar-refractivity contribution in [3.63, 3.8) is 0 Å². The Bertz CT molecular complexity index is 687. The van der Waals surface area contributed by atoms with E-state index >= 15 is 0 Å². The molecule has 1 aromatic rings. The molecule has 1 heterocycles. The summed E-state index contributed by atoms with van der Waals surface area (Å²) >= 11 is 0.883. The topological polar surface area (TPSA) is 82.1 Å². The highest BCUT2D eigenvalue weighted by atomic mass is 32.2. The van der Waals surface area contributed by atoms with Crippen LogP contribution < -0.4 is 4.74 Å². The number of hydrogen-bond donors (Lipinski definition) is 0. The lowest BCUT2D eigenvalue weighted by Crippen LogP contribution is -2.29. The Hall–Kier alpha value is -2.32. The van der Waals surface area contributed by atoms with Gasteiger partial charge in [-0.05, 0) is 30.3 Å². The van der Waals surface area contributed by atoms with Crippen molar-refractivity contribution >= 4 is 35.0 Å². The first-order valence-electron chi connectivity index (χ1n) is 7.59. The summed E-state index contributed by atoms with van der Waals surface area (Å²) in [6.07, 6.45) is 2.18. The Labute approximate surface area is 149 Å². The standard InChI is InChI=1S/C17H19NO6S/c1-22-9-5-8-18-16(20)14(25-17(18)21)10-12-6-3-4-7-13(12)24-11-15(19)23-2/h3-4,6-7,10H,5,8-9,11H2,1-2H3/b14-10+. The third kappa shape index (κ3) is 5.07. The Morgan fingerprint density at radius 1 is 1.24 bits per heavy atom. The minimum atomic E-state index is -0.506. The molecule has 0 aliphatic carbocycles. The van der Waals surface area contributed by atoms with E-state index in [9.17, 15) is 14.4 Å². The van der Waals surface area contributed by atoms with Gasteiger partial charge in [-0.1, -0.05) is 18.2 Å². The van der Waals surface area contributed by atoms with Crippen LogP contribution in [-0.4, -0.2) is 56.0 Å². The van der Waals surface area contributed by atoms with E-state index in [2.05, 4.69) is 4.74 Å². The summed E-state index contributed by atoms with van der Waals surface area (Å²) in [5, 5.41) is -0.305. The van der Waals surface area contributed by atoms with Gasteiger partial charge < -0.3 is 14.2 Å². The second-order valence-corrected chi connectivity index (χ2v) is 6.08. The third-order valence-electron chi connectivity index (χ3n) is 3.38. The maximum Gasteiger partial charge on any atom is 0.343 e. The van der Waals surface area contributed by atoms with Crippen LogP contribution in [0.2, 0.25) is 0 Å². The minimum absolute atomic E-state index is 0.236. The Morgan fingerprint density at radius 3 is 2.72 bits per heavy atom. The quantitative estimate of drug-likeness (QED) is 0.397. The van der Waals surface area contributed by atoms with E-state index in [0.29, 0.717) is 35.8 Å². The van der Waals surface area contributed by atoms with E-state index in [1.165, 1.54) is 12.0 Å². The zero-order valence-corrected chi connectivity index (χ0v) is 14.8. The van der Waals surface area contributed by atoms with Crippen LogP contribution in [0.4, 0.5) is 4.79 Å². The number of rotatable bonds is 8. The van der Waals surface area contributed by atoms with Crippen LogP contribution in [0.1, 0.15) is 12.0 Å². The Morgan fingerprint density at radius 2 is 2.00 bits per heavy atom. The summed E-state index contributed by atoms with van der Waals surface area (Å²) in [6.45, 7) is 0.557. The first-order chi connectivity index (χ1) is 12.1. The largest absolute Gasteiger partial charge is 0.481 e. The van der Waals surface area contributed by atoms with Gasteiger partial charge in [0.2, 0.25) is 0 Å². The molecule has 134 valence electrons. The van der Waals surface area contributed by atoms with Crippen molar-refractivity contribution in [2.75, 3.05) is 34.0 Å².